The van der Waals surface area contributed by atoms with Crippen molar-refractivity contribution in [3.8, 4) is 0 Å². The number of carbonyl (C=O) groups excluding carboxylic acids is 1. The zero-order valence-electron chi connectivity index (χ0n) is 9.66. The lowest BCUT2D eigenvalue weighted by atomic mass is 9.85. The van der Waals surface area contributed by atoms with Crippen molar-refractivity contribution in [2.24, 2.45) is 11.7 Å². The van der Waals surface area contributed by atoms with Crippen molar-refractivity contribution in [3.05, 3.63) is 0 Å². The van der Waals surface area contributed by atoms with Crippen LogP contribution in [0.1, 0.15) is 39.5 Å². The number of ether oxygens (including phenoxy) is 1. The molecule has 2 atom stereocenters. The third-order valence-electron chi connectivity index (χ3n) is 2.86. The lowest BCUT2D eigenvalue weighted by Crippen LogP contribution is -2.45. The first-order chi connectivity index (χ1) is 7.13. The second-order valence-electron chi connectivity index (χ2n) is 4.49. The molecule has 4 nitrogen and oxygen atoms in total. The van der Waals surface area contributed by atoms with Gasteiger partial charge in [0.1, 0.15) is 0 Å². The fraction of sp³-hybridized carbons (Fsp3) is 0.909. The quantitative estimate of drug-likeness (QED) is 0.750. The molecule has 0 radical (unpaired) electrons. The number of rotatable bonds is 3. The Labute approximate surface area is 91.5 Å². The van der Waals surface area contributed by atoms with Gasteiger partial charge in [0.2, 0.25) is 0 Å². The molecule has 0 bridgehead atoms. The molecule has 0 saturated heterocycles. The second kappa shape index (κ2) is 5.95. The molecule has 1 rings (SSSR count). The van der Waals surface area contributed by atoms with E-state index < -0.39 is 0 Å². The molecule has 15 heavy (non-hydrogen) atoms. The minimum Gasteiger partial charge on any atom is -0.447 e. The van der Waals surface area contributed by atoms with Crippen LogP contribution in [0.15, 0.2) is 0 Å². The molecular weight excluding hydrogens is 192 g/mol. The maximum atomic E-state index is 11.4. The van der Waals surface area contributed by atoms with Gasteiger partial charge in [0.05, 0.1) is 6.10 Å². The predicted octanol–water partition coefficient (Wildman–Crippen LogP) is 1.64. The third kappa shape index (κ3) is 4.08. The van der Waals surface area contributed by atoms with E-state index in [-0.39, 0.29) is 18.2 Å². The minimum atomic E-state index is -0.310. The van der Waals surface area contributed by atoms with E-state index in [1.165, 1.54) is 12.8 Å². The summed E-state index contributed by atoms with van der Waals surface area (Å²) in [5.41, 5.74) is 5.68. The predicted molar refractivity (Wildman–Crippen MR) is 59.6 cm³/mol. The minimum absolute atomic E-state index is 0.0649. The summed E-state index contributed by atoms with van der Waals surface area (Å²) in [4.78, 5) is 11.4. The van der Waals surface area contributed by atoms with E-state index in [1.807, 2.05) is 13.8 Å². The first-order valence-corrected chi connectivity index (χ1v) is 5.80. The molecule has 2 unspecified atom stereocenters. The fourth-order valence-electron chi connectivity index (χ4n) is 2.08. The largest absolute Gasteiger partial charge is 0.447 e. The molecule has 0 aromatic heterocycles. The van der Waals surface area contributed by atoms with Crippen LogP contribution >= 0.6 is 0 Å². The lowest BCUT2D eigenvalue weighted by Gasteiger charge is -2.31. The maximum Gasteiger partial charge on any atom is 0.407 e. The number of carbonyl (C=O) groups is 1. The molecule has 1 fully saturated rings. The Morgan fingerprint density at radius 2 is 2.13 bits per heavy atom. The van der Waals surface area contributed by atoms with Gasteiger partial charge in [-0.15, -0.1) is 0 Å². The van der Waals surface area contributed by atoms with Gasteiger partial charge < -0.3 is 15.8 Å². The summed E-state index contributed by atoms with van der Waals surface area (Å²) in [6, 6.07) is 0.204. The Morgan fingerprint density at radius 3 is 2.73 bits per heavy atom. The van der Waals surface area contributed by atoms with Gasteiger partial charge in [0, 0.05) is 6.04 Å². The lowest BCUT2D eigenvalue weighted by molar-refractivity contribution is 0.105. The highest BCUT2D eigenvalue weighted by Crippen LogP contribution is 2.23. The van der Waals surface area contributed by atoms with Crippen molar-refractivity contribution in [2.45, 2.75) is 51.7 Å². The van der Waals surface area contributed by atoms with Crippen LogP contribution in [0.2, 0.25) is 0 Å². The van der Waals surface area contributed by atoms with E-state index >= 15 is 0 Å². The first-order valence-electron chi connectivity index (χ1n) is 5.80. The Kier molecular flexibility index (Phi) is 4.88. The smallest absolute Gasteiger partial charge is 0.407 e. The van der Waals surface area contributed by atoms with Crippen molar-refractivity contribution in [1.29, 1.82) is 0 Å². The highest BCUT2D eigenvalue weighted by molar-refractivity contribution is 5.67. The molecule has 0 heterocycles. The van der Waals surface area contributed by atoms with Crippen molar-refractivity contribution in [1.82, 2.24) is 5.32 Å². The summed E-state index contributed by atoms with van der Waals surface area (Å²) in [6.07, 6.45) is 4.15. The van der Waals surface area contributed by atoms with Gasteiger partial charge in [-0.25, -0.2) is 4.79 Å². The zero-order valence-corrected chi connectivity index (χ0v) is 9.66. The summed E-state index contributed by atoms with van der Waals surface area (Å²) >= 11 is 0. The summed E-state index contributed by atoms with van der Waals surface area (Å²) in [6.45, 7) is 4.34. The number of nitrogens with two attached hydrogens (primary N) is 1. The van der Waals surface area contributed by atoms with E-state index in [9.17, 15) is 4.79 Å². The Bertz CT molecular complexity index is 207. The number of amides is 1. The molecule has 0 aromatic rings. The molecular formula is C11H22N2O2. The van der Waals surface area contributed by atoms with Crippen molar-refractivity contribution >= 4 is 6.09 Å². The second-order valence-corrected chi connectivity index (χ2v) is 4.49. The average molecular weight is 214 g/mol. The van der Waals surface area contributed by atoms with Crippen LogP contribution in [0.4, 0.5) is 4.79 Å². The molecule has 0 spiro atoms. The van der Waals surface area contributed by atoms with Crippen LogP contribution in [0.5, 0.6) is 0 Å². The van der Waals surface area contributed by atoms with Gasteiger partial charge in [0.15, 0.2) is 0 Å². The van der Waals surface area contributed by atoms with E-state index in [1.54, 1.807) is 0 Å². The molecule has 0 aromatic carbocycles. The SMILES string of the molecule is CC(C)OC(=O)NC1CCCCC1CN. The summed E-state index contributed by atoms with van der Waals surface area (Å²) in [5, 5.41) is 2.91. The van der Waals surface area contributed by atoms with Crippen LogP contribution in [-0.4, -0.2) is 24.8 Å². The van der Waals surface area contributed by atoms with Crippen LogP contribution < -0.4 is 11.1 Å². The van der Waals surface area contributed by atoms with Gasteiger partial charge in [-0.05, 0) is 39.2 Å². The van der Waals surface area contributed by atoms with Gasteiger partial charge in [0.25, 0.3) is 0 Å². The normalized spacial score (nSPS) is 26.4. The molecule has 3 N–H and O–H groups in total. The summed E-state index contributed by atoms with van der Waals surface area (Å²) in [5.74, 6) is 0.415. The third-order valence-corrected chi connectivity index (χ3v) is 2.86. The van der Waals surface area contributed by atoms with Crippen LogP contribution in [0.3, 0.4) is 0 Å². The highest BCUT2D eigenvalue weighted by atomic mass is 16.6. The number of nitrogens with one attached hydrogen (secondary N) is 1. The Morgan fingerprint density at radius 1 is 1.47 bits per heavy atom. The van der Waals surface area contributed by atoms with Crippen LogP contribution in [-0.2, 0) is 4.74 Å². The molecule has 1 aliphatic rings. The van der Waals surface area contributed by atoms with E-state index in [0.29, 0.717) is 12.5 Å². The molecule has 1 aliphatic carbocycles. The van der Waals surface area contributed by atoms with Crippen LogP contribution in [0.25, 0.3) is 0 Å². The topological polar surface area (TPSA) is 64.3 Å². The molecule has 4 heteroatoms. The molecule has 1 saturated carbocycles. The van der Waals surface area contributed by atoms with Gasteiger partial charge in [-0.2, -0.15) is 0 Å². The van der Waals surface area contributed by atoms with Gasteiger partial charge in [-0.1, -0.05) is 12.8 Å². The fourth-order valence-corrected chi connectivity index (χ4v) is 2.08. The highest BCUT2D eigenvalue weighted by Gasteiger charge is 2.25. The molecule has 1 amide bonds. The molecule has 88 valence electrons. The number of hydrogen-bond donors (Lipinski definition) is 2. The zero-order chi connectivity index (χ0) is 11.3. The van der Waals surface area contributed by atoms with Crippen molar-refractivity contribution in [2.75, 3.05) is 6.54 Å². The average Bonchev–Trinajstić information content (AvgIpc) is 2.17. The van der Waals surface area contributed by atoms with Crippen LogP contribution in [0, 0.1) is 5.92 Å². The van der Waals surface area contributed by atoms with Gasteiger partial charge >= 0.3 is 6.09 Å². The van der Waals surface area contributed by atoms with E-state index in [4.69, 9.17) is 10.5 Å². The maximum absolute atomic E-state index is 11.4. The van der Waals surface area contributed by atoms with Gasteiger partial charge in [-0.3, -0.25) is 0 Å². The number of hydrogen-bond acceptors (Lipinski definition) is 3. The first kappa shape index (κ1) is 12.3. The van der Waals surface area contributed by atoms with Crippen molar-refractivity contribution < 1.29 is 9.53 Å². The standard InChI is InChI=1S/C11H22N2O2/c1-8(2)15-11(14)13-10-6-4-3-5-9(10)7-12/h8-10H,3-7,12H2,1-2H3,(H,13,14). The Hall–Kier alpha value is -0.770. The molecule has 0 aliphatic heterocycles. The van der Waals surface area contributed by atoms with E-state index in [0.717, 1.165) is 12.8 Å². The summed E-state index contributed by atoms with van der Waals surface area (Å²) in [7, 11) is 0. The number of alkyl carbamates (subject to hydrolysis) is 1. The van der Waals surface area contributed by atoms with Crippen molar-refractivity contribution in [3.63, 3.8) is 0 Å². The van der Waals surface area contributed by atoms with E-state index in [2.05, 4.69) is 5.32 Å². The monoisotopic (exact) mass is 214 g/mol. The summed E-state index contributed by atoms with van der Waals surface area (Å²) < 4.78 is 5.05. The Balaban J connectivity index is 2.37.